The van der Waals surface area contributed by atoms with Crippen LogP contribution in [0, 0.1) is 0 Å². The number of halogens is 1. The molecule has 0 saturated heterocycles. The Morgan fingerprint density at radius 1 is 1.44 bits per heavy atom. The first kappa shape index (κ1) is 13.3. The highest BCUT2D eigenvalue weighted by atomic mass is 79.9. The summed E-state index contributed by atoms with van der Waals surface area (Å²) >= 11 is 3.33. The zero-order valence-electron chi connectivity index (χ0n) is 10.5. The van der Waals surface area contributed by atoms with Gasteiger partial charge in [-0.1, -0.05) is 0 Å². The molecule has 0 N–H and O–H groups in total. The van der Waals surface area contributed by atoms with Gasteiger partial charge in [0.05, 0.1) is 17.8 Å². The molecule has 0 bridgehead atoms. The molecule has 1 aromatic heterocycles. The number of ketones is 1. The van der Waals surface area contributed by atoms with Crippen LogP contribution >= 0.6 is 15.9 Å². The van der Waals surface area contributed by atoms with Crippen molar-refractivity contribution in [3.8, 4) is 5.88 Å². The normalized spacial score (nSPS) is 16.7. The molecule has 0 amide bonds. The van der Waals surface area contributed by atoms with Crippen LogP contribution in [-0.2, 0) is 4.79 Å². The molecule has 2 rings (SSSR count). The smallest absolute Gasteiger partial charge is 0.232 e. The summed E-state index contributed by atoms with van der Waals surface area (Å²) in [6.45, 7) is 0. The maximum atomic E-state index is 11.2. The molecule has 6 heteroatoms. The number of nitrogens with zero attached hydrogens (tertiary/aromatic N) is 3. The maximum absolute atomic E-state index is 11.2. The van der Waals surface area contributed by atoms with Gasteiger partial charge in [-0.3, -0.25) is 4.79 Å². The van der Waals surface area contributed by atoms with E-state index in [2.05, 4.69) is 25.9 Å². The van der Waals surface area contributed by atoms with E-state index in [-0.39, 0.29) is 0 Å². The Labute approximate surface area is 115 Å². The Morgan fingerprint density at radius 3 is 2.72 bits per heavy atom. The molecule has 1 aromatic rings. The molecule has 1 heterocycles. The van der Waals surface area contributed by atoms with E-state index in [1.165, 1.54) is 0 Å². The van der Waals surface area contributed by atoms with E-state index in [1.807, 2.05) is 11.9 Å². The van der Waals surface area contributed by atoms with Crippen LogP contribution in [0.3, 0.4) is 0 Å². The topological polar surface area (TPSA) is 55.3 Å². The highest BCUT2D eigenvalue weighted by Crippen LogP contribution is 2.26. The number of aromatic nitrogens is 2. The van der Waals surface area contributed by atoms with Crippen molar-refractivity contribution in [2.24, 2.45) is 0 Å². The Balaban J connectivity index is 2.13. The van der Waals surface area contributed by atoms with Crippen LogP contribution < -0.4 is 9.64 Å². The number of methoxy groups -OCH3 is 1. The summed E-state index contributed by atoms with van der Waals surface area (Å²) < 4.78 is 5.90. The van der Waals surface area contributed by atoms with Crippen molar-refractivity contribution in [1.29, 1.82) is 0 Å². The summed E-state index contributed by atoms with van der Waals surface area (Å²) in [5, 5.41) is 0. The quantitative estimate of drug-likeness (QED) is 0.856. The van der Waals surface area contributed by atoms with Crippen LogP contribution in [0.25, 0.3) is 0 Å². The number of hydrogen-bond donors (Lipinski definition) is 0. The number of anilines is 1. The SMILES string of the molecule is COc1nc(N(C)C2CCC(=O)CC2)ncc1Br. The summed E-state index contributed by atoms with van der Waals surface area (Å²) in [4.78, 5) is 21.9. The van der Waals surface area contributed by atoms with Crippen molar-refractivity contribution in [3.05, 3.63) is 10.7 Å². The number of hydrogen-bond acceptors (Lipinski definition) is 5. The predicted octanol–water partition coefficient (Wildman–Crippen LogP) is 2.20. The largest absolute Gasteiger partial charge is 0.480 e. The highest BCUT2D eigenvalue weighted by molar-refractivity contribution is 9.10. The monoisotopic (exact) mass is 313 g/mol. The van der Waals surface area contributed by atoms with Crippen LogP contribution in [0.4, 0.5) is 5.95 Å². The van der Waals surface area contributed by atoms with Crippen LogP contribution in [0.15, 0.2) is 10.7 Å². The molecule has 0 aliphatic heterocycles. The highest BCUT2D eigenvalue weighted by Gasteiger charge is 2.24. The number of carbonyl (C=O) groups excluding carboxylic acids is 1. The first-order valence-corrected chi connectivity index (χ1v) is 6.72. The average molecular weight is 314 g/mol. The van der Waals surface area contributed by atoms with E-state index < -0.39 is 0 Å². The van der Waals surface area contributed by atoms with Gasteiger partial charge < -0.3 is 9.64 Å². The van der Waals surface area contributed by atoms with Crippen LogP contribution in [0.1, 0.15) is 25.7 Å². The lowest BCUT2D eigenvalue weighted by Gasteiger charge is -2.30. The minimum absolute atomic E-state index is 0.327. The van der Waals surface area contributed by atoms with Crippen LogP contribution in [-0.4, -0.2) is 36.0 Å². The van der Waals surface area contributed by atoms with Gasteiger partial charge in [0.25, 0.3) is 0 Å². The zero-order valence-corrected chi connectivity index (χ0v) is 12.1. The second-order valence-corrected chi connectivity index (χ2v) is 5.26. The van der Waals surface area contributed by atoms with E-state index in [0.29, 0.717) is 36.5 Å². The molecular formula is C12H16BrN3O2. The first-order chi connectivity index (χ1) is 8.61. The predicted molar refractivity (Wildman–Crippen MR) is 72.0 cm³/mol. The van der Waals surface area contributed by atoms with Crippen LogP contribution in [0.2, 0.25) is 0 Å². The zero-order chi connectivity index (χ0) is 13.1. The fourth-order valence-electron chi connectivity index (χ4n) is 2.13. The molecule has 0 spiro atoms. The molecule has 1 aliphatic rings. The number of carbonyl (C=O) groups is 1. The minimum Gasteiger partial charge on any atom is -0.480 e. The molecule has 0 radical (unpaired) electrons. The van der Waals surface area contributed by atoms with E-state index >= 15 is 0 Å². The molecule has 5 nitrogen and oxygen atoms in total. The molecule has 0 atom stereocenters. The summed E-state index contributed by atoms with van der Waals surface area (Å²) in [5.74, 6) is 1.52. The first-order valence-electron chi connectivity index (χ1n) is 5.93. The lowest BCUT2D eigenvalue weighted by atomic mass is 9.93. The summed E-state index contributed by atoms with van der Waals surface area (Å²) in [5.41, 5.74) is 0. The van der Waals surface area contributed by atoms with Gasteiger partial charge in [-0.2, -0.15) is 4.98 Å². The number of rotatable bonds is 3. The molecule has 98 valence electrons. The second-order valence-electron chi connectivity index (χ2n) is 4.41. The van der Waals surface area contributed by atoms with Crippen molar-refractivity contribution >= 4 is 27.7 Å². The van der Waals surface area contributed by atoms with Crippen molar-refractivity contribution in [1.82, 2.24) is 9.97 Å². The van der Waals surface area contributed by atoms with Gasteiger partial charge in [-0.15, -0.1) is 0 Å². The van der Waals surface area contributed by atoms with Gasteiger partial charge >= 0.3 is 0 Å². The minimum atomic E-state index is 0.327. The number of Topliss-reactive ketones (excluding diaryl/α,β-unsaturated/α-hetero) is 1. The van der Waals surface area contributed by atoms with E-state index in [1.54, 1.807) is 13.3 Å². The van der Waals surface area contributed by atoms with Crippen molar-refractivity contribution in [2.75, 3.05) is 19.1 Å². The summed E-state index contributed by atoms with van der Waals surface area (Å²) in [6, 6.07) is 0.327. The Bertz CT molecular complexity index is 443. The molecular weight excluding hydrogens is 298 g/mol. The molecule has 0 aromatic carbocycles. The third kappa shape index (κ3) is 2.80. The van der Waals surface area contributed by atoms with Gasteiger partial charge in [-0.05, 0) is 28.8 Å². The average Bonchev–Trinajstić information content (AvgIpc) is 2.39. The lowest BCUT2D eigenvalue weighted by Crippen LogP contribution is -2.36. The van der Waals surface area contributed by atoms with Crippen molar-refractivity contribution in [3.63, 3.8) is 0 Å². The Kier molecular flexibility index (Phi) is 4.16. The van der Waals surface area contributed by atoms with Gasteiger partial charge in [0.2, 0.25) is 11.8 Å². The standard InChI is InChI=1S/C12H16BrN3O2/c1-16(8-3-5-9(17)6-4-8)12-14-7-10(13)11(15-12)18-2/h7-8H,3-6H2,1-2H3. The van der Waals surface area contributed by atoms with E-state index in [0.717, 1.165) is 17.3 Å². The van der Waals surface area contributed by atoms with Gasteiger partial charge in [0.15, 0.2) is 0 Å². The molecule has 18 heavy (non-hydrogen) atoms. The van der Waals surface area contributed by atoms with E-state index in [4.69, 9.17) is 4.74 Å². The Morgan fingerprint density at radius 2 is 2.11 bits per heavy atom. The fourth-order valence-corrected chi connectivity index (χ4v) is 2.48. The molecule has 0 unspecified atom stereocenters. The van der Waals surface area contributed by atoms with E-state index in [9.17, 15) is 4.79 Å². The third-order valence-electron chi connectivity index (χ3n) is 3.27. The number of ether oxygens (including phenoxy) is 1. The van der Waals surface area contributed by atoms with Gasteiger partial charge in [0.1, 0.15) is 5.78 Å². The fraction of sp³-hybridized carbons (Fsp3) is 0.583. The van der Waals surface area contributed by atoms with Crippen LogP contribution in [0.5, 0.6) is 5.88 Å². The molecule has 1 saturated carbocycles. The Hall–Kier alpha value is -1.17. The third-order valence-corrected chi connectivity index (χ3v) is 3.81. The van der Waals surface area contributed by atoms with Crippen molar-refractivity contribution in [2.45, 2.75) is 31.7 Å². The van der Waals surface area contributed by atoms with Gasteiger partial charge in [-0.25, -0.2) is 4.98 Å². The lowest BCUT2D eigenvalue weighted by molar-refractivity contribution is -0.120. The van der Waals surface area contributed by atoms with Gasteiger partial charge in [0, 0.05) is 25.9 Å². The molecule has 1 fully saturated rings. The second kappa shape index (κ2) is 5.65. The van der Waals surface area contributed by atoms with Crippen molar-refractivity contribution < 1.29 is 9.53 Å². The molecule has 1 aliphatic carbocycles. The maximum Gasteiger partial charge on any atom is 0.232 e. The summed E-state index contributed by atoms with van der Waals surface area (Å²) in [6.07, 6.45) is 4.74. The summed E-state index contributed by atoms with van der Waals surface area (Å²) in [7, 11) is 3.54.